The molecule has 1 heterocycles. The van der Waals surface area contributed by atoms with Gasteiger partial charge in [0.15, 0.2) is 11.6 Å². The summed E-state index contributed by atoms with van der Waals surface area (Å²) in [6, 6.07) is 12.1. The van der Waals surface area contributed by atoms with Crippen LogP contribution in [0.2, 0.25) is 0 Å². The Kier molecular flexibility index (Phi) is 7.26. The minimum absolute atomic E-state index is 0.0254. The second-order valence-electron chi connectivity index (χ2n) is 7.74. The van der Waals surface area contributed by atoms with Gasteiger partial charge in [0, 0.05) is 17.3 Å². The lowest BCUT2D eigenvalue weighted by molar-refractivity contribution is 0.227. The second-order valence-corrected chi connectivity index (χ2v) is 7.74. The van der Waals surface area contributed by atoms with E-state index in [9.17, 15) is 8.78 Å². The van der Waals surface area contributed by atoms with Crippen molar-refractivity contribution in [1.82, 2.24) is 4.98 Å². The van der Waals surface area contributed by atoms with Crippen molar-refractivity contribution in [2.24, 2.45) is 0 Å². The molecule has 0 aliphatic carbocycles. The Bertz CT molecular complexity index is 1040. The molecule has 5 heteroatoms. The van der Waals surface area contributed by atoms with Crippen LogP contribution in [0.3, 0.4) is 0 Å². The number of halogens is 2. The molecule has 3 rings (SSSR count). The van der Waals surface area contributed by atoms with E-state index in [1.165, 1.54) is 23.3 Å². The Balaban J connectivity index is 2.05. The van der Waals surface area contributed by atoms with Gasteiger partial charge in [-0.15, -0.1) is 0 Å². The van der Waals surface area contributed by atoms with E-state index in [4.69, 9.17) is 14.5 Å². The highest BCUT2D eigenvalue weighted by molar-refractivity contribution is 5.70. The number of pyridine rings is 1. The van der Waals surface area contributed by atoms with Gasteiger partial charge in [-0.3, -0.25) is 4.98 Å². The third kappa shape index (κ3) is 5.04. The molecule has 0 amide bonds. The molecule has 3 nitrogen and oxygen atoms in total. The van der Waals surface area contributed by atoms with Crippen LogP contribution < -0.4 is 9.47 Å². The normalized spacial score (nSPS) is 11.1. The molecule has 1 aromatic heterocycles. The molecule has 31 heavy (non-hydrogen) atoms. The fourth-order valence-corrected chi connectivity index (χ4v) is 3.65. The van der Waals surface area contributed by atoms with E-state index in [0.29, 0.717) is 11.3 Å². The Morgan fingerprint density at radius 2 is 1.58 bits per heavy atom. The first-order chi connectivity index (χ1) is 14.8. The van der Waals surface area contributed by atoms with E-state index in [1.54, 1.807) is 0 Å². The molecule has 0 aliphatic rings. The predicted octanol–water partition coefficient (Wildman–Crippen LogP) is 6.83. The van der Waals surface area contributed by atoms with Crippen LogP contribution in [0, 0.1) is 18.6 Å². The van der Waals surface area contributed by atoms with Crippen LogP contribution in [0.15, 0.2) is 42.5 Å². The highest BCUT2D eigenvalue weighted by Gasteiger charge is 2.18. The number of hydrogen-bond donors (Lipinski definition) is 0. The lowest BCUT2D eigenvalue weighted by Gasteiger charge is -2.20. The maximum atomic E-state index is 14.0. The Morgan fingerprint density at radius 3 is 2.19 bits per heavy atom. The maximum absolute atomic E-state index is 14.0. The van der Waals surface area contributed by atoms with E-state index in [0.717, 1.165) is 35.9 Å². The molecule has 0 atom stereocenters. The summed E-state index contributed by atoms with van der Waals surface area (Å²) < 4.78 is 39.2. The van der Waals surface area contributed by atoms with Crippen LogP contribution in [0.4, 0.5) is 8.78 Å². The van der Waals surface area contributed by atoms with Gasteiger partial charge in [0.1, 0.15) is 12.4 Å². The monoisotopic (exact) mass is 425 g/mol. The molecule has 0 spiro atoms. The zero-order valence-corrected chi connectivity index (χ0v) is 18.8. The lowest BCUT2D eigenvalue weighted by atomic mass is 9.94. The zero-order valence-electron chi connectivity index (χ0n) is 18.8. The van der Waals surface area contributed by atoms with Crippen LogP contribution in [0.25, 0.3) is 11.3 Å². The average Bonchev–Trinajstić information content (AvgIpc) is 2.74. The number of benzene rings is 2. The van der Waals surface area contributed by atoms with Gasteiger partial charge in [-0.2, -0.15) is 4.39 Å². The van der Waals surface area contributed by atoms with Crippen molar-refractivity contribution in [2.75, 3.05) is 0 Å². The summed E-state index contributed by atoms with van der Waals surface area (Å²) in [5.41, 5.74) is 5.89. The van der Waals surface area contributed by atoms with Crippen molar-refractivity contribution < 1.29 is 18.3 Å². The molecule has 0 radical (unpaired) electrons. The van der Waals surface area contributed by atoms with Crippen molar-refractivity contribution in [3.05, 3.63) is 76.5 Å². The first-order valence-corrected chi connectivity index (χ1v) is 10.7. The number of hydrogen-bond acceptors (Lipinski definition) is 3. The van der Waals surface area contributed by atoms with Gasteiger partial charge in [-0.05, 0) is 56.9 Å². The standard InChI is InChI=1S/C26H29F2NO2/c1-6-18-10-8-11-19(7-2)25(18)22-14-24(31-16(3)4)20(17(5)29-22)15-30-23-13-9-12-21(27)26(23)28/h8-14,16H,6-7,15H2,1-5H3. The van der Waals surface area contributed by atoms with E-state index >= 15 is 0 Å². The third-order valence-electron chi connectivity index (χ3n) is 5.20. The Hall–Kier alpha value is -2.95. The first-order valence-electron chi connectivity index (χ1n) is 10.7. The molecule has 3 aromatic rings. The van der Waals surface area contributed by atoms with Crippen molar-refractivity contribution in [2.45, 2.75) is 60.2 Å². The molecule has 0 aliphatic heterocycles. The van der Waals surface area contributed by atoms with Crippen LogP contribution in [-0.4, -0.2) is 11.1 Å². The van der Waals surface area contributed by atoms with Gasteiger partial charge in [0.2, 0.25) is 5.82 Å². The SMILES string of the molecule is CCc1cccc(CC)c1-c1cc(OC(C)C)c(COc2cccc(F)c2F)c(C)n1. The summed E-state index contributed by atoms with van der Waals surface area (Å²) in [4.78, 5) is 4.85. The summed E-state index contributed by atoms with van der Waals surface area (Å²) in [6.45, 7) is 10.1. The van der Waals surface area contributed by atoms with Crippen LogP contribution >= 0.6 is 0 Å². The van der Waals surface area contributed by atoms with Gasteiger partial charge in [-0.25, -0.2) is 4.39 Å². The summed E-state index contributed by atoms with van der Waals surface area (Å²) in [5, 5.41) is 0. The summed E-state index contributed by atoms with van der Waals surface area (Å²) >= 11 is 0. The van der Waals surface area contributed by atoms with Crippen LogP contribution in [0.5, 0.6) is 11.5 Å². The average molecular weight is 426 g/mol. The second kappa shape index (κ2) is 9.90. The summed E-state index contributed by atoms with van der Waals surface area (Å²) in [5.74, 6) is -1.43. The molecule has 0 unspecified atom stereocenters. The van der Waals surface area contributed by atoms with Crippen LogP contribution in [-0.2, 0) is 19.4 Å². The number of rotatable bonds is 8. The molecule has 0 bridgehead atoms. The van der Waals surface area contributed by atoms with E-state index < -0.39 is 11.6 Å². The molecule has 0 saturated heterocycles. The van der Waals surface area contributed by atoms with Crippen LogP contribution in [0.1, 0.15) is 50.1 Å². The van der Waals surface area contributed by atoms with Crippen molar-refractivity contribution in [3.63, 3.8) is 0 Å². The first kappa shape index (κ1) is 22.7. The van der Waals surface area contributed by atoms with Gasteiger partial charge < -0.3 is 9.47 Å². The molecule has 164 valence electrons. The lowest BCUT2D eigenvalue weighted by Crippen LogP contribution is -2.12. The van der Waals surface area contributed by atoms with E-state index in [-0.39, 0.29) is 18.5 Å². The Morgan fingerprint density at radius 1 is 0.935 bits per heavy atom. The smallest absolute Gasteiger partial charge is 0.200 e. The molecule has 2 aromatic carbocycles. The maximum Gasteiger partial charge on any atom is 0.200 e. The molecule has 0 saturated carbocycles. The highest BCUT2D eigenvalue weighted by Crippen LogP contribution is 2.34. The largest absolute Gasteiger partial charge is 0.490 e. The van der Waals surface area contributed by atoms with E-state index in [2.05, 4.69) is 32.0 Å². The van der Waals surface area contributed by atoms with Gasteiger partial charge >= 0.3 is 0 Å². The highest BCUT2D eigenvalue weighted by atomic mass is 19.2. The van der Waals surface area contributed by atoms with Crippen molar-refractivity contribution in [3.8, 4) is 22.8 Å². The van der Waals surface area contributed by atoms with Crippen molar-refractivity contribution >= 4 is 0 Å². The minimum atomic E-state index is -1.000. The predicted molar refractivity (Wildman–Crippen MR) is 120 cm³/mol. The summed E-state index contributed by atoms with van der Waals surface area (Å²) in [6.07, 6.45) is 1.73. The quantitative estimate of drug-likeness (QED) is 0.396. The Labute approximate surface area is 183 Å². The molecule has 0 fully saturated rings. The fraction of sp³-hybridized carbons (Fsp3) is 0.346. The van der Waals surface area contributed by atoms with Gasteiger partial charge in [0.25, 0.3) is 0 Å². The number of aryl methyl sites for hydroxylation is 3. The van der Waals surface area contributed by atoms with Gasteiger partial charge in [-0.1, -0.05) is 38.1 Å². The van der Waals surface area contributed by atoms with Crippen molar-refractivity contribution in [1.29, 1.82) is 0 Å². The fourth-order valence-electron chi connectivity index (χ4n) is 3.65. The zero-order chi connectivity index (χ0) is 22.5. The summed E-state index contributed by atoms with van der Waals surface area (Å²) in [7, 11) is 0. The third-order valence-corrected chi connectivity index (χ3v) is 5.20. The number of ether oxygens (including phenoxy) is 2. The minimum Gasteiger partial charge on any atom is -0.490 e. The number of aromatic nitrogens is 1. The van der Waals surface area contributed by atoms with Gasteiger partial charge in [0.05, 0.1) is 17.4 Å². The topological polar surface area (TPSA) is 31.4 Å². The molecular formula is C26H29F2NO2. The molecular weight excluding hydrogens is 396 g/mol. The van der Waals surface area contributed by atoms with E-state index in [1.807, 2.05) is 26.8 Å². The number of nitrogens with zero attached hydrogens (tertiary/aromatic N) is 1. The molecule has 0 N–H and O–H groups in total.